The zero-order chi connectivity index (χ0) is 21.9. The molecule has 0 aliphatic rings. The summed E-state index contributed by atoms with van der Waals surface area (Å²) < 4.78 is 17.9. The summed E-state index contributed by atoms with van der Waals surface area (Å²) in [6.45, 7) is 10.5. The maximum absolute atomic E-state index is 5.95. The van der Waals surface area contributed by atoms with Crippen molar-refractivity contribution in [1.29, 1.82) is 0 Å². The van der Waals surface area contributed by atoms with Gasteiger partial charge in [-0.05, 0) is 73.9 Å². The predicted octanol–water partition coefficient (Wildman–Crippen LogP) is 5.45. The van der Waals surface area contributed by atoms with Gasteiger partial charge in [0, 0.05) is 19.6 Å². The molecule has 0 N–H and O–H groups in total. The highest BCUT2D eigenvalue weighted by atomic mass is 16.5. The number of ether oxygens (including phenoxy) is 3. The van der Waals surface area contributed by atoms with Crippen LogP contribution in [0.2, 0.25) is 0 Å². The van der Waals surface area contributed by atoms with E-state index in [2.05, 4.69) is 62.1 Å². The zero-order valence-electron chi connectivity index (χ0n) is 18.8. The van der Waals surface area contributed by atoms with Gasteiger partial charge in [0.25, 0.3) is 0 Å². The Labute approximate surface area is 186 Å². The molecule has 3 aromatic carbocycles. The predicted molar refractivity (Wildman–Crippen MR) is 126 cm³/mol. The largest absolute Gasteiger partial charge is 0.492 e. The van der Waals surface area contributed by atoms with Crippen LogP contribution in [0.25, 0.3) is 0 Å². The molecule has 0 aliphatic carbocycles. The summed E-state index contributed by atoms with van der Waals surface area (Å²) in [4.78, 5) is 2.32. The number of rotatable bonds is 12. The van der Waals surface area contributed by atoms with Crippen molar-refractivity contribution >= 4 is 0 Å². The fourth-order valence-corrected chi connectivity index (χ4v) is 3.33. The van der Waals surface area contributed by atoms with Crippen LogP contribution in [0.4, 0.5) is 0 Å². The standard InChI is InChI=1S/C27H33NO3/c1-22-7-4-10-25(19-22)29-16-13-28(14-17-30-26-11-5-8-23(2)20-26)15-18-31-27-12-6-9-24(3)21-27/h4-12,19-21H,13-18H2,1-3H3. The van der Waals surface area contributed by atoms with E-state index < -0.39 is 0 Å². The lowest BCUT2D eigenvalue weighted by molar-refractivity contribution is 0.153. The lowest BCUT2D eigenvalue weighted by atomic mass is 10.2. The maximum Gasteiger partial charge on any atom is 0.119 e. The van der Waals surface area contributed by atoms with Gasteiger partial charge in [-0.1, -0.05) is 36.4 Å². The minimum Gasteiger partial charge on any atom is -0.492 e. The first-order valence-electron chi connectivity index (χ1n) is 10.9. The smallest absolute Gasteiger partial charge is 0.119 e. The van der Waals surface area contributed by atoms with E-state index >= 15 is 0 Å². The van der Waals surface area contributed by atoms with Gasteiger partial charge < -0.3 is 14.2 Å². The first-order valence-corrected chi connectivity index (χ1v) is 10.9. The molecule has 4 heteroatoms. The van der Waals surface area contributed by atoms with E-state index in [9.17, 15) is 0 Å². The second-order valence-electron chi connectivity index (χ2n) is 7.84. The van der Waals surface area contributed by atoms with Crippen LogP contribution in [-0.2, 0) is 0 Å². The second kappa shape index (κ2) is 12.0. The highest BCUT2D eigenvalue weighted by Gasteiger charge is 2.07. The average molecular weight is 420 g/mol. The molecule has 0 amide bonds. The van der Waals surface area contributed by atoms with Crippen LogP contribution in [0.5, 0.6) is 17.2 Å². The molecule has 0 unspecified atom stereocenters. The highest BCUT2D eigenvalue weighted by Crippen LogP contribution is 2.14. The minimum absolute atomic E-state index is 0.623. The summed E-state index contributed by atoms with van der Waals surface area (Å²) in [5, 5.41) is 0. The molecule has 0 atom stereocenters. The Morgan fingerprint density at radius 1 is 0.516 bits per heavy atom. The molecular formula is C27H33NO3. The van der Waals surface area contributed by atoms with Crippen LogP contribution < -0.4 is 14.2 Å². The molecule has 0 heterocycles. The average Bonchev–Trinajstić information content (AvgIpc) is 2.74. The number of aryl methyl sites for hydroxylation is 3. The van der Waals surface area contributed by atoms with Crippen molar-refractivity contribution in [3.63, 3.8) is 0 Å². The molecule has 3 rings (SSSR count). The van der Waals surface area contributed by atoms with Crippen molar-refractivity contribution in [2.45, 2.75) is 20.8 Å². The van der Waals surface area contributed by atoms with E-state index in [0.29, 0.717) is 19.8 Å². The molecule has 0 aromatic heterocycles. The van der Waals surface area contributed by atoms with Gasteiger partial charge in [-0.3, -0.25) is 4.90 Å². The fraction of sp³-hybridized carbons (Fsp3) is 0.333. The van der Waals surface area contributed by atoms with Gasteiger partial charge in [0.15, 0.2) is 0 Å². The van der Waals surface area contributed by atoms with E-state index in [-0.39, 0.29) is 0 Å². The van der Waals surface area contributed by atoms with E-state index in [1.165, 1.54) is 16.7 Å². The highest BCUT2D eigenvalue weighted by molar-refractivity contribution is 5.28. The first-order chi connectivity index (χ1) is 15.1. The molecule has 0 bridgehead atoms. The van der Waals surface area contributed by atoms with Gasteiger partial charge in [-0.2, -0.15) is 0 Å². The molecule has 0 aliphatic heterocycles. The summed E-state index contributed by atoms with van der Waals surface area (Å²) in [7, 11) is 0. The SMILES string of the molecule is Cc1cccc(OCCN(CCOc2cccc(C)c2)CCOc2cccc(C)c2)c1. The Bertz CT molecular complexity index is 819. The van der Waals surface area contributed by atoms with Gasteiger partial charge in [0.1, 0.15) is 37.1 Å². The Hall–Kier alpha value is -2.98. The van der Waals surface area contributed by atoms with Crippen molar-refractivity contribution in [2.24, 2.45) is 0 Å². The van der Waals surface area contributed by atoms with Crippen LogP contribution in [0.3, 0.4) is 0 Å². The fourth-order valence-electron chi connectivity index (χ4n) is 3.33. The van der Waals surface area contributed by atoms with Gasteiger partial charge in [0.2, 0.25) is 0 Å². The van der Waals surface area contributed by atoms with Gasteiger partial charge in [-0.25, -0.2) is 0 Å². The molecule has 0 spiro atoms. The van der Waals surface area contributed by atoms with Crippen molar-refractivity contribution in [1.82, 2.24) is 4.90 Å². The van der Waals surface area contributed by atoms with Gasteiger partial charge in [0.05, 0.1) is 0 Å². The van der Waals surface area contributed by atoms with Gasteiger partial charge in [-0.15, -0.1) is 0 Å². The van der Waals surface area contributed by atoms with Crippen LogP contribution in [0.1, 0.15) is 16.7 Å². The molecular weight excluding hydrogens is 386 g/mol. The lowest BCUT2D eigenvalue weighted by Crippen LogP contribution is -2.35. The van der Waals surface area contributed by atoms with E-state index in [1.807, 2.05) is 36.4 Å². The number of hydrogen-bond acceptors (Lipinski definition) is 4. The van der Waals surface area contributed by atoms with E-state index in [0.717, 1.165) is 36.9 Å². The normalized spacial score (nSPS) is 10.8. The Morgan fingerprint density at radius 2 is 0.839 bits per heavy atom. The molecule has 0 fully saturated rings. The molecule has 0 saturated heterocycles. The van der Waals surface area contributed by atoms with Crippen LogP contribution >= 0.6 is 0 Å². The third kappa shape index (κ3) is 8.35. The number of nitrogens with zero attached hydrogens (tertiary/aromatic N) is 1. The summed E-state index contributed by atoms with van der Waals surface area (Å²) in [5.41, 5.74) is 3.60. The van der Waals surface area contributed by atoms with E-state index in [1.54, 1.807) is 0 Å². The van der Waals surface area contributed by atoms with Crippen molar-refractivity contribution in [3.8, 4) is 17.2 Å². The third-order valence-corrected chi connectivity index (χ3v) is 5.00. The molecule has 3 aromatic rings. The third-order valence-electron chi connectivity index (χ3n) is 5.00. The summed E-state index contributed by atoms with van der Waals surface area (Å²) in [6, 6.07) is 24.5. The second-order valence-corrected chi connectivity index (χ2v) is 7.84. The minimum atomic E-state index is 0.623. The zero-order valence-corrected chi connectivity index (χ0v) is 18.8. The number of hydrogen-bond donors (Lipinski definition) is 0. The Kier molecular flexibility index (Phi) is 8.80. The number of benzene rings is 3. The van der Waals surface area contributed by atoms with E-state index in [4.69, 9.17) is 14.2 Å². The molecule has 164 valence electrons. The van der Waals surface area contributed by atoms with Crippen LogP contribution in [0, 0.1) is 20.8 Å². The van der Waals surface area contributed by atoms with Crippen molar-refractivity contribution < 1.29 is 14.2 Å². The summed E-state index contributed by atoms with van der Waals surface area (Å²) >= 11 is 0. The topological polar surface area (TPSA) is 30.9 Å². The molecule has 4 nitrogen and oxygen atoms in total. The molecule has 0 saturated carbocycles. The summed E-state index contributed by atoms with van der Waals surface area (Å²) in [5.74, 6) is 2.73. The molecule has 31 heavy (non-hydrogen) atoms. The van der Waals surface area contributed by atoms with Crippen molar-refractivity contribution in [2.75, 3.05) is 39.5 Å². The summed E-state index contributed by atoms with van der Waals surface area (Å²) in [6.07, 6.45) is 0. The quantitative estimate of drug-likeness (QED) is 0.391. The van der Waals surface area contributed by atoms with Crippen LogP contribution in [0.15, 0.2) is 72.8 Å². The van der Waals surface area contributed by atoms with Crippen LogP contribution in [-0.4, -0.2) is 44.4 Å². The van der Waals surface area contributed by atoms with Crippen molar-refractivity contribution in [3.05, 3.63) is 89.5 Å². The lowest BCUT2D eigenvalue weighted by Gasteiger charge is -2.23. The molecule has 0 radical (unpaired) electrons. The van der Waals surface area contributed by atoms with Gasteiger partial charge >= 0.3 is 0 Å². The Morgan fingerprint density at radius 3 is 1.13 bits per heavy atom. The maximum atomic E-state index is 5.95. The first kappa shape index (κ1) is 22.7. The monoisotopic (exact) mass is 419 g/mol. The Balaban J connectivity index is 1.49.